The Bertz CT molecular complexity index is 608. The van der Waals surface area contributed by atoms with E-state index in [1.54, 1.807) is 13.8 Å². The van der Waals surface area contributed by atoms with Gasteiger partial charge < -0.3 is 31.5 Å². The summed E-state index contributed by atoms with van der Waals surface area (Å²) in [4.78, 5) is 59.6. The van der Waals surface area contributed by atoms with Crippen LogP contribution in [0.25, 0.3) is 0 Å². The third-order valence-electron chi connectivity index (χ3n) is 4.30. The molecule has 0 aromatic heterocycles. The fraction of sp³-hybridized carbons (Fsp3) is 0.688. The van der Waals surface area contributed by atoms with Crippen LogP contribution in [0.4, 0.5) is 0 Å². The zero-order valence-electron chi connectivity index (χ0n) is 15.3. The molecule has 152 valence electrons. The van der Waals surface area contributed by atoms with Gasteiger partial charge in [0.15, 0.2) is 0 Å². The minimum absolute atomic E-state index is 0.219. The highest BCUT2D eigenvalue weighted by Crippen LogP contribution is 2.17. The molecular formula is C16H26N4O7. The lowest BCUT2D eigenvalue weighted by Gasteiger charge is -2.23. The SMILES string of the molecule is CC(C)C(N)C(=O)NC(CC(=O)O)C(=O)NCC(=O)N1CCCC1C(=O)O. The monoisotopic (exact) mass is 386 g/mol. The van der Waals surface area contributed by atoms with Crippen molar-refractivity contribution < 1.29 is 34.2 Å². The maximum atomic E-state index is 12.2. The standard InChI is InChI=1S/C16H26N4O7/c1-8(2)13(17)15(25)19-9(6-12(22)23)14(24)18-7-11(21)20-5-3-4-10(20)16(26)27/h8-10,13H,3-7,17H2,1-2H3,(H,18,24)(H,19,25)(H,22,23)(H,26,27). The van der Waals surface area contributed by atoms with E-state index in [1.165, 1.54) is 0 Å². The van der Waals surface area contributed by atoms with Crippen LogP contribution in [0.2, 0.25) is 0 Å². The number of likely N-dealkylation sites (tertiary alicyclic amines) is 1. The third-order valence-corrected chi connectivity index (χ3v) is 4.30. The zero-order valence-corrected chi connectivity index (χ0v) is 15.3. The first-order valence-electron chi connectivity index (χ1n) is 8.62. The molecule has 0 bridgehead atoms. The molecule has 0 aliphatic carbocycles. The van der Waals surface area contributed by atoms with Gasteiger partial charge in [-0.1, -0.05) is 13.8 Å². The first-order chi connectivity index (χ1) is 12.5. The number of hydrogen-bond acceptors (Lipinski definition) is 6. The number of nitrogens with two attached hydrogens (primary N) is 1. The van der Waals surface area contributed by atoms with Gasteiger partial charge in [0, 0.05) is 6.54 Å². The van der Waals surface area contributed by atoms with Crippen molar-refractivity contribution in [1.29, 1.82) is 0 Å². The number of carbonyl (C=O) groups excluding carboxylic acids is 3. The van der Waals surface area contributed by atoms with Gasteiger partial charge in [-0.25, -0.2) is 4.79 Å². The van der Waals surface area contributed by atoms with Crippen molar-refractivity contribution in [1.82, 2.24) is 15.5 Å². The highest BCUT2D eigenvalue weighted by atomic mass is 16.4. The molecule has 3 amide bonds. The molecule has 11 heteroatoms. The first-order valence-corrected chi connectivity index (χ1v) is 8.62. The molecule has 0 saturated carbocycles. The minimum Gasteiger partial charge on any atom is -0.481 e. The van der Waals surface area contributed by atoms with Crippen molar-refractivity contribution in [2.75, 3.05) is 13.1 Å². The van der Waals surface area contributed by atoms with Gasteiger partial charge in [-0.3, -0.25) is 19.2 Å². The van der Waals surface area contributed by atoms with Crippen molar-refractivity contribution >= 4 is 29.7 Å². The molecule has 1 fully saturated rings. The van der Waals surface area contributed by atoms with Crippen LogP contribution < -0.4 is 16.4 Å². The predicted molar refractivity (Wildman–Crippen MR) is 92.4 cm³/mol. The number of nitrogens with one attached hydrogen (secondary N) is 2. The minimum atomic E-state index is -1.40. The van der Waals surface area contributed by atoms with Crippen LogP contribution in [0.5, 0.6) is 0 Å². The molecule has 1 heterocycles. The highest BCUT2D eigenvalue weighted by molar-refractivity contribution is 5.94. The van der Waals surface area contributed by atoms with Gasteiger partial charge in [0.1, 0.15) is 12.1 Å². The molecule has 1 saturated heterocycles. The van der Waals surface area contributed by atoms with Crippen molar-refractivity contribution in [2.24, 2.45) is 11.7 Å². The molecule has 3 unspecified atom stereocenters. The Balaban J connectivity index is 2.68. The van der Waals surface area contributed by atoms with Crippen LogP contribution >= 0.6 is 0 Å². The molecule has 0 aromatic rings. The summed E-state index contributed by atoms with van der Waals surface area (Å²) in [5.74, 6) is -4.78. The van der Waals surface area contributed by atoms with E-state index in [9.17, 15) is 24.0 Å². The lowest BCUT2D eigenvalue weighted by molar-refractivity contribution is -0.148. The van der Waals surface area contributed by atoms with Crippen LogP contribution in [-0.4, -0.2) is 76.0 Å². The summed E-state index contributed by atoms with van der Waals surface area (Å²) in [5.41, 5.74) is 5.68. The third kappa shape index (κ3) is 6.51. The summed E-state index contributed by atoms with van der Waals surface area (Å²) < 4.78 is 0. The molecule has 0 radical (unpaired) electrons. The second kappa shape index (κ2) is 9.86. The van der Waals surface area contributed by atoms with Gasteiger partial charge >= 0.3 is 11.9 Å². The quantitative estimate of drug-likeness (QED) is 0.305. The molecular weight excluding hydrogens is 360 g/mol. The van der Waals surface area contributed by atoms with Gasteiger partial charge in [0.2, 0.25) is 17.7 Å². The molecule has 1 aliphatic rings. The Kier molecular flexibility index (Phi) is 8.16. The lowest BCUT2D eigenvalue weighted by atomic mass is 10.0. The number of carboxylic acid groups (broad SMARTS) is 2. The fourth-order valence-electron chi connectivity index (χ4n) is 2.66. The predicted octanol–water partition coefficient (Wildman–Crippen LogP) is -1.88. The number of carboxylic acids is 2. The fourth-order valence-corrected chi connectivity index (χ4v) is 2.66. The first kappa shape index (κ1) is 22.4. The van der Waals surface area contributed by atoms with E-state index in [-0.39, 0.29) is 12.5 Å². The average molecular weight is 386 g/mol. The van der Waals surface area contributed by atoms with Crippen molar-refractivity contribution in [3.8, 4) is 0 Å². The Morgan fingerprint density at radius 2 is 1.78 bits per heavy atom. The van der Waals surface area contributed by atoms with E-state index in [2.05, 4.69) is 10.6 Å². The van der Waals surface area contributed by atoms with E-state index >= 15 is 0 Å². The van der Waals surface area contributed by atoms with Gasteiger partial charge in [0.25, 0.3) is 0 Å². The zero-order chi connectivity index (χ0) is 20.7. The number of aliphatic carboxylic acids is 2. The highest BCUT2D eigenvalue weighted by Gasteiger charge is 2.34. The van der Waals surface area contributed by atoms with E-state index in [0.29, 0.717) is 12.8 Å². The van der Waals surface area contributed by atoms with Crippen LogP contribution in [0.3, 0.4) is 0 Å². The average Bonchev–Trinajstić information content (AvgIpc) is 3.07. The van der Waals surface area contributed by atoms with Crippen LogP contribution in [-0.2, 0) is 24.0 Å². The number of amides is 3. The van der Waals surface area contributed by atoms with Gasteiger partial charge in [-0.15, -0.1) is 0 Å². The van der Waals surface area contributed by atoms with Crippen molar-refractivity contribution in [3.05, 3.63) is 0 Å². The smallest absolute Gasteiger partial charge is 0.326 e. The molecule has 27 heavy (non-hydrogen) atoms. The van der Waals surface area contributed by atoms with E-state index in [4.69, 9.17) is 15.9 Å². The van der Waals surface area contributed by atoms with Gasteiger partial charge in [-0.2, -0.15) is 0 Å². The summed E-state index contributed by atoms with van der Waals surface area (Å²) >= 11 is 0. The molecule has 0 spiro atoms. The maximum absolute atomic E-state index is 12.2. The number of hydrogen-bond donors (Lipinski definition) is 5. The summed E-state index contributed by atoms with van der Waals surface area (Å²) in [5, 5.41) is 22.6. The van der Waals surface area contributed by atoms with Gasteiger partial charge in [0.05, 0.1) is 19.0 Å². The largest absolute Gasteiger partial charge is 0.481 e. The number of rotatable bonds is 9. The molecule has 1 aliphatic heterocycles. The summed E-state index contributed by atoms with van der Waals surface area (Å²) in [7, 11) is 0. The van der Waals surface area contributed by atoms with Gasteiger partial charge in [-0.05, 0) is 18.8 Å². The summed E-state index contributed by atoms with van der Waals surface area (Å²) in [6, 6.07) is -3.26. The normalized spacial score (nSPS) is 18.7. The van der Waals surface area contributed by atoms with Crippen molar-refractivity contribution in [3.63, 3.8) is 0 Å². The number of nitrogens with zero attached hydrogens (tertiary/aromatic N) is 1. The second-order valence-electron chi connectivity index (χ2n) is 6.73. The lowest BCUT2D eigenvalue weighted by Crippen LogP contribution is -2.55. The molecule has 11 nitrogen and oxygen atoms in total. The summed E-state index contributed by atoms with van der Waals surface area (Å²) in [6.45, 7) is 3.17. The van der Waals surface area contributed by atoms with Crippen molar-refractivity contribution in [2.45, 2.75) is 51.2 Å². The maximum Gasteiger partial charge on any atom is 0.326 e. The Morgan fingerprint density at radius 3 is 2.30 bits per heavy atom. The van der Waals surface area contributed by atoms with Crippen LogP contribution in [0.1, 0.15) is 33.1 Å². The Labute approximate surface area is 156 Å². The Hall–Kier alpha value is -2.69. The molecule has 6 N–H and O–H groups in total. The molecule has 1 rings (SSSR count). The molecule has 0 aromatic carbocycles. The van der Waals surface area contributed by atoms with Crippen LogP contribution in [0.15, 0.2) is 0 Å². The van der Waals surface area contributed by atoms with E-state index < -0.39 is 60.8 Å². The van der Waals surface area contributed by atoms with E-state index in [1.807, 2.05) is 0 Å². The Morgan fingerprint density at radius 1 is 1.15 bits per heavy atom. The number of carbonyl (C=O) groups is 5. The molecule has 3 atom stereocenters. The van der Waals surface area contributed by atoms with Crippen LogP contribution in [0, 0.1) is 5.92 Å². The summed E-state index contributed by atoms with van der Waals surface area (Å²) in [6.07, 6.45) is 0.194. The topological polar surface area (TPSA) is 179 Å². The second-order valence-corrected chi connectivity index (χ2v) is 6.73. The van der Waals surface area contributed by atoms with E-state index in [0.717, 1.165) is 4.90 Å².